The van der Waals surface area contributed by atoms with E-state index in [1.54, 1.807) is 6.92 Å². The first kappa shape index (κ1) is 16.5. The molecule has 0 spiro atoms. The zero-order valence-corrected chi connectivity index (χ0v) is 11.7. The van der Waals surface area contributed by atoms with Gasteiger partial charge in [0.05, 0.1) is 11.1 Å². The van der Waals surface area contributed by atoms with Crippen molar-refractivity contribution in [3.63, 3.8) is 0 Å². The Balaban J connectivity index is 3.07. The highest BCUT2D eigenvalue weighted by atomic mass is 19.4. The minimum absolute atomic E-state index is 0.284. The summed E-state index contributed by atoms with van der Waals surface area (Å²) in [6, 6.07) is 2.35. The van der Waals surface area contributed by atoms with Gasteiger partial charge in [-0.1, -0.05) is 26.8 Å². The average Bonchev–Trinajstić information content (AvgIpc) is 2.26. The molecule has 20 heavy (non-hydrogen) atoms. The number of amides is 1. The predicted octanol–water partition coefficient (Wildman–Crippen LogP) is 4.01. The molecule has 1 amide bonds. The lowest BCUT2D eigenvalue weighted by Gasteiger charge is -2.28. The normalized spacial score (nSPS) is 14.0. The molecule has 0 bridgehead atoms. The maximum Gasteiger partial charge on any atom is 0.419 e. The fourth-order valence-corrected chi connectivity index (χ4v) is 1.42. The van der Waals surface area contributed by atoms with Crippen LogP contribution in [-0.2, 0) is 6.18 Å². The molecule has 0 radical (unpaired) electrons. The van der Waals surface area contributed by atoms with Crippen LogP contribution in [0.1, 0.15) is 43.6 Å². The number of carbonyl (C=O) groups excluding carboxylic acids is 1. The molecule has 0 aliphatic rings. The van der Waals surface area contributed by atoms with Gasteiger partial charge in [-0.2, -0.15) is 13.2 Å². The zero-order chi connectivity index (χ0) is 15.7. The Hall–Kier alpha value is -1.59. The Bertz CT molecular complexity index is 503. The van der Waals surface area contributed by atoms with Crippen LogP contribution in [0.25, 0.3) is 0 Å². The van der Waals surface area contributed by atoms with Crippen molar-refractivity contribution in [3.8, 4) is 0 Å². The van der Waals surface area contributed by atoms with Crippen molar-refractivity contribution in [1.29, 1.82) is 0 Å². The highest BCUT2D eigenvalue weighted by Gasteiger charge is 2.36. The third kappa shape index (κ3) is 3.71. The van der Waals surface area contributed by atoms with Gasteiger partial charge in [-0.05, 0) is 24.5 Å². The van der Waals surface area contributed by atoms with E-state index in [0.29, 0.717) is 6.07 Å². The quantitative estimate of drug-likeness (QED) is 0.820. The fraction of sp³-hybridized carbons (Fsp3) is 0.500. The first-order valence-electron chi connectivity index (χ1n) is 6.11. The standard InChI is InChI=1S/C14H17F4NO/c1-8(13(2,3)4)19-12(20)9-6-5-7-10(11(9)15)14(16,17)18/h5-8H,1-4H3,(H,19,20). The first-order chi connectivity index (χ1) is 8.94. The second kappa shape index (κ2) is 5.42. The molecule has 0 heterocycles. The molecular weight excluding hydrogens is 274 g/mol. The summed E-state index contributed by atoms with van der Waals surface area (Å²) in [5, 5.41) is 2.51. The lowest BCUT2D eigenvalue weighted by atomic mass is 9.88. The summed E-state index contributed by atoms with van der Waals surface area (Å²) < 4.78 is 51.5. The maximum absolute atomic E-state index is 13.8. The van der Waals surface area contributed by atoms with Crippen molar-refractivity contribution in [2.24, 2.45) is 5.41 Å². The van der Waals surface area contributed by atoms with Gasteiger partial charge in [0.15, 0.2) is 0 Å². The number of benzene rings is 1. The Morgan fingerprint density at radius 1 is 1.20 bits per heavy atom. The number of nitrogens with one attached hydrogen (secondary N) is 1. The third-order valence-electron chi connectivity index (χ3n) is 3.20. The van der Waals surface area contributed by atoms with Crippen molar-refractivity contribution in [3.05, 3.63) is 35.1 Å². The highest BCUT2D eigenvalue weighted by molar-refractivity contribution is 5.94. The Morgan fingerprint density at radius 2 is 1.75 bits per heavy atom. The summed E-state index contributed by atoms with van der Waals surface area (Å²) in [7, 11) is 0. The molecule has 1 unspecified atom stereocenters. The van der Waals surface area contributed by atoms with E-state index in [0.717, 1.165) is 12.1 Å². The monoisotopic (exact) mass is 291 g/mol. The third-order valence-corrected chi connectivity index (χ3v) is 3.20. The van der Waals surface area contributed by atoms with Crippen LogP contribution in [0.4, 0.5) is 17.6 Å². The van der Waals surface area contributed by atoms with Gasteiger partial charge in [-0.3, -0.25) is 4.79 Å². The second-order valence-corrected chi connectivity index (χ2v) is 5.73. The molecule has 0 saturated carbocycles. The van der Waals surface area contributed by atoms with Gasteiger partial charge in [0, 0.05) is 6.04 Å². The Labute approximate surface area is 115 Å². The summed E-state index contributed by atoms with van der Waals surface area (Å²) in [6.07, 6.45) is -4.82. The van der Waals surface area contributed by atoms with Gasteiger partial charge >= 0.3 is 6.18 Å². The SMILES string of the molecule is CC(NC(=O)c1cccc(C(F)(F)F)c1F)C(C)(C)C. The summed E-state index contributed by atoms with van der Waals surface area (Å²) in [4.78, 5) is 11.9. The molecule has 1 N–H and O–H groups in total. The largest absolute Gasteiger partial charge is 0.419 e. The van der Waals surface area contributed by atoms with E-state index >= 15 is 0 Å². The van der Waals surface area contributed by atoms with E-state index in [2.05, 4.69) is 5.32 Å². The van der Waals surface area contributed by atoms with Crippen molar-refractivity contribution in [2.75, 3.05) is 0 Å². The average molecular weight is 291 g/mol. The van der Waals surface area contributed by atoms with Crippen LogP contribution in [-0.4, -0.2) is 11.9 Å². The smallest absolute Gasteiger partial charge is 0.349 e. The Morgan fingerprint density at radius 3 is 2.20 bits per heavy atom. The topological polar surface area (TPSA) is 29.1 Å². The van der Waals surface area contributed by atoms with Crippen LogP contribution in [0.3, 0.4) is 0 Å². The summed E-state index contributed by atoms with van der Waals surface area (Å²) in [6.45, 7) is 7.30. The molecule has 0 aliphatic carbocycles. The molecule has 1 aromatic rings. The van der Waals surface area contributed by atoms with Crippen LogP contribution in [0, 0.1) is 11.2 Å². The predicted molar refractivity (Wildman–Crippen MR) is 67.8 cm³/mol. The summed E-state index contributed by atoms with van der Waals surface area (Å²) >= 11 is 0. The number of halogens is 4. The van der Waals surface area contributed by atoms with Crippen molar-refractivity contribution < 1.29 is 22.4 Å². The summed E-state index contributed by atoms with van der Waals surface area (Å²) in [5.74, 6) is -2.39. The van der Waals surface area contributed by atoms with Crippen LogP contribution >= 0.6 is 0 Å². The number of hydrogen-bond donors (Lipinski definition) is 1. The van der Waals surface area contributed by atoms with E-state index in [1.807, 2.05) is 20.8 Å². The molecule has 0 aliphatic heterocycles. The second-order valence-electron chi connectivity index (χ2n) is 5.73. The molecule has 1 aromatic carbocycles. The number of hydrogen-bond acceptors (Lipinski definition) is 1. The first-order valence-corrected chi connectivity index (χ1v) is 6.11. The highest BCUT2D eigenvalue weighted by Crippen LogP contribution is 2.32. The van der Waals surface area contributed by atoms with E-state index in [1.165, 1.54) is 0 Å². The molecule has 2 nitrogen and oxygen atoms in total. The van der Waals surface area contributed by atoms with E-state index in [4.69, 9.17) is 0 Å². The zero-order valence-electron chi connectivity index (χ0n) is 11.7. The van der Waals surface area contributed by atoms with E-state index in [9.17, 15) is 22.4 Å². The van der Waals surface area contributed by atoms with E-state index < -0.39 is 29.0 Å². The molecular formula is C14H17F4NO. The number of alkyl halides is 3. The maximum atomic E-state index is 13.8. The molecule has 6 heteroatoms. The fourth-order valence-electron chi connectivity index (χ4n) is 1.42. The molecule has 0 aromatic heterocycles. The van der Waals surface area contributed by atoms with Gasteiger partial charge in [0.2, 0.25) is 0 Å². The van der Waals surface area contributed by atoms with Gasteiger partial charge in [-0.15, -0.1) is 0 Å². The van der Waals surface area contributed by atoms with Crippen molar-refractivity contribution in [2.45, 2.75) is 39.9 Å². The lowest BCUT2D eigenvalue weighted by Crippen LogP contribution is -2.41. The minimum Gasteiger partial charge on any atom is -0.349 e. The molecule has 0 saturated heterocycles. The van der Waals surface area contributed by atoms with Crippen LogP contribution < -0.4 is 5.32 Å². The minimum atomic E-state index is -4.82. The number of carbonyl (C=O) groups is 1. The van der Waals surface area contributed by atoms with Crippen LogP contribution in [0.2, 0.25) is 0 Å². The lowest BCUT2D eigenvalue weighted by molar-refractivity contribution is -0.140. The van der Waals surface area contributed by atoms with Gasteiger partial charge in [0.25, 0.3) is 5.91 Å². The molecule has 112 valence electrons. The van der Waals surface area contributed by atoms with Crippen LogP contribution in [0.15, 0.2) is 18.2 Å². The van der Waals surface area contributed by atoms with E-state index in [-0.39, 0.29) is 11.5 Å². The number of rotatable bonds is 2. The molecule has 1 atom stereocenters. The Kier molecular flexibility index (Phi) is 4.46. The van der Waals surface area contributed by atoms with Crippen molar-refractivity contribution >= 4 is 5.91 Å². The molecule has 0 fully saturated rings. The van der Waals surface area contributed by atoms with Gasteiger partial charge in [-0.25, -0.2) is 4.39 Å². The van der Waals surface area contributed by atoms with Crippen LogP contribution in [0.5, 0.6) is 0 Å². The summed E-state index contributed by atoms with van der Waals surface area (Å²) in [5.41, 5.74) is -2.32. The van der Waals surface area contributed by atoms with Crippen molar-refractivity contribution in [1.82, 2.24) is 5.32 Å². The van der Waals surface area contributed by atoms with Gasteiger partial charge < -0.3 is 5.32 Å². The molecule has 1 rings (SSSR count). The van der Waals surface area contributed by atoms with Gasteiger partial charge in [0.1, 0.15) is 5.82 Å².